The number of hydrogen-bond donors (Lipinski definition) is 1. The molecule has 0 fully saturated rings. The van der Waals surface area contributed by atoms with Gasteiger partial charge in [0.1, 0.15) is 0 Å². The molecule has 2 aromatic rings. The highest BCUT2D eigenvalue weighted by Gasteiger charge is 2.38. The molecular formula is C8H6F3N3O2. The molecule has 2 aromatic heterocycles. The van der Waals surface area contributed by atoms with Crippen molar-refractivity contribution in [2.75, 3.05) is 0 Å². The van der Waals surface area contributed by atoms with E-state index in [9.17, 15) is 13.2 Å². The second kappa shape index (κ2) is 4.60. The third-order valence-electron chi connectivity index (χ3n) is 1.41. The highest BCUT2D eigenvalue weighted by molar-refractivity contribution is 5.73. The van der Waals surface area contributed by atoms with Crippen molar-refractivity contribution in [3.63, 3.8) is 0 Å². The van der Waals surface area contributed by atoms with E-state index in [1.807, 2.05) is 18.3 Å². The molecule has 0 radical (unpaired) electrons. The van der Waals surface area contributed by atoms with Crippen molar-refractivity contribution < 1.29 is 23.1 Å². The number of carboxylic acids is 1. The van der Waals surface area contributed by atoms with Crippen LogP contribution in [-0.2, 0) is 4.79 Å². The van der Waals surface area contributed by atoms with Crippen molar-refractivity contribution in [3.8, 4) is 0 Å². The van der Waals surface area contributed by atoms with Gasteiger partial charge < -0.3 is 5.11 Å². The van der Waals surface area contributed by atoms with Gasteiger partial charge in [-0.3, -0.25) is 0 Å². The van der Waals surface area contributed by atoms with E-state index in [4.69, 9.17) is 9.90 Å². The van der Waals surface area contributed by atoms with Gasteiger partial charge in [0.15, 0.2) is 5.65 Å². The standard InChI is InChI=1S/C6H5N3.C2HF3O2/c1-3-7-6-2-4-8-9(6)5-1;3-2(4,5)1(6)7/h1-5H;(H,6,7). The zero-order valence-electron chi connectivity index (χ0n) is 7.72. The largest absolute Gasteiger partial charge is 0.490 e. The van der Waals surface area contributed by atoms with Gasteiger partial charge in [-0.15, -0.1) is 0 Å². The van der Waals surface area contributed by atoms with Gasteiger partial charge in [-0.25, -0.2) is 14.3 Å². The van der Waals surface area contributed by atoms with E-state index in [0.29, 0.717) is 0 Å². The van der Waals surface area contributed by atoms with E-state index >= 15 is 0 Å². The molecule has 16 heavy (non-hydrogen) atoms. The third-order valence-corrected chi connectivity index (χ3v) is 1.41. The quantitative estimate of drug-likeness (QED) is 0.746. The number of nitrogens with zero attached hydrogens (tertiary/aromatic N) is 3. The molecule has 1 N–H and O–H groups in total. The Balaban J connectivity index is 0.000000168. The van der Waals surface area contributed by atoms with Crippen LogP contribution in [0.25, 0.3) is 5.65 Å². The molecule has 2 rings (SSSR count). The summed E-state index contributed by atoms with van der Waals surface area (Å²) in [7, 11) is 0. The van der Waals surface area contributed by atoms with Crippen LogP contribution in [0.4, 0.5) is 13.2 Å². The first-order valence-corrected chi connectivity index (χ1v) is 3.96. The minimum Gasteiger partial charge on any atom is -0.475 e. The Morgan fingerprint density at radius 3 is 2.50 bits per heavy atom. The summed E-state index contributed by atoms with van der Waals surface area (Å²) in [5.41, 5.74) is 0.887. The van der Waals surface area contributed by atoms with Gasteiger partial charge in [-0.1, -0.05) is 0 Å². The van der Waals surface area contributed by atoms with Gasteiger partial charge in [0.05, 0.1) is 6.20 Å². The van der Waals surface area contributed by atoms with Gasteiger partial charge in [0.25, 0.3) is 0 Å². The fourth-order valence-corrected chi connectivity index (χ4v) is 0.764. The molecule has 0 bridgehead atoms. The van der Waals surface area contributed by atoms with E-state index in [1.165, 1.54) is 0 Å². The maximum absolute atomic E-state index is 10.6. The molecule has 0 saturated heterocycles. The molecule has 0 amide bonds. The van der Waals surface area contributed by atoms with E-state index in [2.05, 4.69) is 10.1 Å². The number of fused-ring (bicyclic) bond motifs is 1. The topological polar surface area (TPSA) is 67.5 Å². The first kappa shape index (κ1) is 12.0. The molecule has 0 aliphatic rings. The molecule has 2 heterocycles. The van der Waals surface area contributed by atoms with E-state index in [1.54, 1.807) is 16.9 Å². The van der Waals surface area contributed by atoms with Crippen molar-refractivity contribution >= 4 is 11.6 Å². The highest BCUT2D eigenvalue weighted by Crippen LogP contribution is 2.13. The zero-order valence-corrected chi connectivity index (χ0v) is 7.72. The Morgan fingerprint density at radius 2 is 2.00 bits per heavy atom. The minimum absolute atomic E-state index is 0.887. The van der Waals surface area contributed by atoms with Crippen molar-refractivity contribution in [2.45, 2.75) is 6.18 Å². The molecule has 0 unspecified atom stereocenters. The molecule has 8 heteroatoms. The lowest BCUT2D eigenvalue weighted by Gasteiger charge is -1.93. The van der Waals surface area contributed by atoms with E-state index < -0.39 is 12.1 Å². The number of carbonyl (C=O) groups is 1. The van der Waals surface area contributed by atoms with Crippen LogP contribution in [0.3, 0.4) is 0 Å². The number of rotatable bonds is 0. The van der Waals surface area contributed by atoms with Crippen LogP contribution < -0.4 is 0 Å². The summed E-state index contributed by atoms with van der Waals surface area (Å²) in [4.78, 5) is 12.9. The van der Waals surface area contributed by atoms with Crippen molar-refractivity contribution in [2.24, 2.45) is 0 Å². The van der Waals surface area contributed by atoms with Crippen LogP contribution in [0.2, 0.25) is 0 Å². The van der Waals surface area contributed by atoms with E-state index in [-0.39, 0.29) is 0 Å². The number of halogens is 3. The van der Waals surface area contributed by atoms with E-state index in [0.717, 1.165) is 5.65 Å². The highest BCUT2D eigenvalue weighted by atomic mass is 19.4. The van der Waals surface area contributed by atoms with Gasteiger partial charge in [0.2, 0.25) is 0 Å². The summed E-state index contributed by atoms with van der Waals surface area (Å²) in [6, 6.07) is 3.71. The Hall–Kier alpha value is -2.12. The van der Waals surface area contributed by atoms with Gasteiger partial charge in [-0.2, -0.15) is 18.3 Å². The van der Waals surface area contributed by atoms with Crippen molar-refractivity contribution in [1.82, 2.24) is 14.6 Å². The Labute approximate surface area is 87.1 Å². The average molecular weight is 233 g/mol. The molecule has 0 aliphatic carbocycles. The number of aliphatic carboxylic acids is 1. The summed E-state index contributed by atoms with van der Waals surface area (Å²) in [5, 5.41) is 11.1. The van der Waals surface area contributed by atoms with Crippen LogP contribution >= 0.6 is 0 Å². The monoisotopic (exact) mass is 233 g/mol. The predicted molar refractivity (Wildman–Crippen MR) is 46.7 cm³/mol. The maximum Gasteiger partial charge on any atom is 0.490 e. The number of carboxylic acid groups (broad SMARTS) is 1. The summed E-state index contributed by atoms with van der Waals surface area (Å²) in [6.45, 7) is 0. The number of aromatic nitrogens is 3. The Bertz CT molecular complexity index is 450. The molecule has 0 aliphatic heterocycles. The second-order valence-corrected chi connectivity index (χ2v) is 2.56. The summed E-state index contributed by atoms with van der Waals surface area (Å²) >= 11 is 0. The first-order chi connectivity index (χ1) is 7.41. The summed E-state index contributed by atoms with van der Waals surface area (Å²) < 4.78 is 33.5. The molecule has 0 spiro atoms. The predicted octanol–water partition coefficient (Wildman–Crippen LogP) is 1.36. The second-order valence-electron chi connectivity index (χ2n) is 2.56. The Morgan fingerprint density at radius 1 is 1.38 bits per heavy atom. The normalized spacial score (nSPS) is 10.7. The number of hydrogen-bond acceptors (Lipinski definition) is 3. The van der Waals surface area contributed by atoms with Gasteiger partial charge >= 0.3 is 12.1 Å². The SMILES string of the molecule is O=C(O)C(F)(F)F.c1cnc2ccnn2c1. The average Bonchev–Trinajstić information content (AvgIpc) is 2.64. The lowest BCUT2D eigenvalue weighted by molar-refractivity contribution is -0.192. The third kappa shape index (κ3) is 3.23. The fourth-order valence-electron chi connectivity index (χ4n) is 0.764. The molecular weight excluding hydrogens is 227 g/mol. The van der Waals surface area contributed by atoms with Crippen LogP contribution in [0.5, 0.6) is 0 Å². The minimum atomic E-state index is -5.08. The lowest BCUT2D eigenvalue weighted by Crippen LogP contribution is -2.21. The molecule has 0 aromatic carbocycles. The molecule has 0 atom stereocenters. The first-order valence-electron chi connectivity index (χ1n) is 3.96. The van der Waals surface area contributed by atoms with Gasteiger partial charge in [0, 0.05) is 18.5 Å². The maximum atomic E-state index is 10.6. The lowest BCUT2D eigenvalue weighted by atomic mass is 10.6. The van der Waals surface area contributed by atoms with Crippen LogP contribution in [0.15, 0.2) is 30.7 Å². The number of alkyl halides is 3. The summed E-state index contributed by atoms with van der Waals surface area (Å²) in [6.07, 6.45) is 0.252. The van der Waals surface area contributed by atoms with Gasteiger partial charge in [-0.05, 0) is 6.07 Å². The zero-order chi connectivity index (χ0) is 12.2. The smallest absolute Gasteiger partial charge is 0.475 e. The van der Waals surface area contributed by atoms with Crippen LogP contribution in [0.1, 0.15) is 0 Å². The molecule has 0 saturated carbocycles. The molecule has 5 nitrogen and oxygen atoms in total. The molecule has 86 valence electrons. The van der Waals surface area contributed by atoms with Crippen molar-refractivity contribution in [3.05, 3.63) is 30.7 Å². The van der Waals surface area contributed by atoms with Crippen LogP contribution in [-0.4, -0.2) is 31.9 Å². The Kier molecular flexibility index (Phi) is 3.44. The summed E-state index contributed by atoms with van der Waals surface area (Å²) in [5.74, 6) is -2.76. The van der Waals surface area contributed by atoms with Crippen LogP contribution in [0, 0.1) is 0 Å². The fraction of sp³-hybridized carbons (Fsp3) is 0.125. The van der Waals surface area contributed by atoms with Crippen molar-refractivity contribution in [1.29, 1.82) is 0 Å².